The summed E-state index contributed by atoms with van der Waals surface area (Å²) in [5.74, 6) is -0.701. The molecule has 0 radical (unpaired) electrons. The van der Waals surface area contributed by atoms with Crippen LogP contribution in [-0.2, 0) is 12.7 Å². The van der Waals surface area contributed by atoms with Gasteiger partial charge in [-0.1, -0.05) is 0 Å². The first kappa shape index (κ1) is 21.5. The number of alkyl halides is 3. The van der Waals surface area contributed by atoms with Crippen LogP contribution in [-0.4, -0.2) is 33.8 Å². The Kier molecular flexibility index (Phi) is 6.48. The van der Waals surface area contributed by atoms with Gasteiger partial charge in [0.2, 0.25) is 5.89 Å². The Morgan fingerprint density at radius 3 is 2.25 bits per heavy atom. The number of carbonyl (C=O) groups is 2. The van der Waals surface area contributed by atoms with E-state index in [1.165, 1.54) is 11.2 Å². The van der Waals surface area contributed by atoms with Gasteiger partial charge in [-0.2, -0.15) is 13.2 Å². The van der Waals surface area contributed by atoms with E-state index in [-0.39, 0.29) is 35.8 Å². The van der Waals surface area contributed by atoms with E-state index in [0.717, 1.165) is 24.3 Å². The number of hydrogen-bond acceptors (Lipinski definition) is 4. The van der Waals surface area contributed by atoms with Crippen molar-refractivity contribution in [2.75, 3.05) is 0 Å². The summed E-state index contributed by atoms with van der Waals surface area (Å²) in [6.45, 7) is 7.12. The number of oxazole rings is 1. The number of carbonyl (C=O) groups excluding carboxylic acids is 2. The van der Waals surface area contributed by atoms with Crippen molar-refractivity contribution in [1.29, 1.82) is 0 Å². The topological polar surface area (TPSA) is 75.4 Å². The lowest BCUT2D eigenvalue weighted by molar-refractivity contribution is -0.137. The predicted molar refractivity (Wildman–Crippen MR) is 95.6 cm³/mol. The van der Waals surface area contributed by atoms with E-state index < -0.39 is 23.6 Å². The lowest BCUT2D eigenvalue weighted by Crippen LogP contribution is -2.36. The number of hydrogen-bond donors (Lipinski definition) is 1. The molecular formula is C19H22F3N3O3. The second-order valence-electron chi connectivity index (χ2n) is 6.86. The SMILES string of the molecule is CC(C)NC(=O)c1coc(CN(C(=O)c2ccc(C(F)(F)F)cc2)C(C)C)n1. The van der Waals surface area contributed by atoms with Crippen LogP contribution in [0.4, 0.5) is 13.2 Å². The summed E-state index contributed by atoms with van der Waals surface area (Å²) >= 11 is 0. The van der Waals surface area contributed by atoms with Gasteiger partial charge in [-0.25, -0.2) is 4.98 Å². The van der Waals surface area contributed by atoms with E-state index in [9.17, 15) is 22.8 Å². The van der Waals surface area contributed by atoms with E-state index >= 15 is 0 Å². The standard InChI is InChI=1S/C19H22F3N3O3/c1-11(2)23-17(26)15-10-28-16(24-15)9-25(12(3)4)18(27)13-5-7-14(8-6-13)19(20,21)22/h5-8,10-12H,9H2,1-4H3,(H,23,26). The van der Waals surface area contributed by atoms with Crippen LogP contribution >= 0.6 is 0 Å². The summed E-state index contributed by atoms with van der Waals surface area (Å²) in [6, 6.07) is 3.67. The molecule has 2 rings (SSSR count). The Morgan fingerprint density at radius 1 is 1.14 bits per heavy atom. The Labute approximate surface area is 160 Å². The van der Waals surface area contributed by atoms with E-state index in [1.807, 2.05) is 13.8 Å². The third-order valence-electron chi connectivity index (χ3n) is 3.85. The molecule has 2 amide bonds. The first-order valence-electron chi connectivity index (χ1n) is 8.72. The van der Waals surface area contributed by atoms with Gasteiger partial charge >= 0.3 is 6.18 Å². The van der Waals surface area contributed by atoms with Crippen molar-refractivity contribution in [3.8, 4) is 0 Å². The number of rotatable bonds is 6. The molecule has 0 aliphatic carbocycles. The number of halogens is 3. The minimum absolute atomic E-state index is 0.0213. The van der Waals surface area contributed by atoms with Crippen LogP contribution in [0.25, 0.3) is 0 Å². The van der Waals surface area contributed by atoms with Gasteiger partial charge in [0.15, 0.2) is 5.69 Å². The number of aromatic nitrogens is 1. The highest BCUT2D eigenvalue weighted by Gasteiger charge is 2.30. The van der Waals surface area contributed by atoms with Gasteiger partial charge < -0.3 is 14.6 Å². The Hall–Kier alpha value is -2.84. The number of nitrogens with zero attached hydrogens (tertiary/aromatic N) is 2. The zero-order valence-corrected chi connectivity index (χ0v) is 16.0. The number of benzene rings is 1. The summed E-state index contributed by atoms with van der Waals surface area (Å²) in [7, 11) is 0. The fourth-order valence-corrected chi connectivity index (χ4v) is 2.43. The summed E-state index contributed by atoms with van der Waals surface area (Å²) in [5, 5.41) is 2.68. The van der Waals surface area contributed by atoms with Crippen molar-refractivity contribution in [2.24, 2.45) is 0 Å². The predicted octanol–water partition coefficient (Wildman–Crippen LogP) is 3.88. The first-order valence-corrected chi connectivity index (χ1v) is 8.72. The minimum atomic E-state index is -4.47. The Bertz CT molecular complexity index is 827. The molecule has 28 heavy (non-hydrogen) atoms. The Morgan fingerprint density at radius 2 is 1.75 bits per heavy atom. The van der Waals surface area contributed by atoms with Gasteiger partial charge in [-0.05, 0) is 52.0 Å². The van der Waals surface area contributed by atoms with E-state index in [2.05, 4.69) is 10.3 Å². The van der Waals surface area contributed by atoms with Crippen molar-refractivity contribution in [3.05, 3.63) is 53.2 Å². The van der Waals surface area contributed by atoms with Crippen molar-refractivity contribution < 1.29 is 27.2 Å². The smallest absolute Gasteiger partial charge is 0.416 e. The van der Waals surface area contributed by atoms with Crippen LogP contribution in [0.15, 0.2) is 34.9 Å². The van der Waals surface area contributed by atoms with Crippen LogP contribution in [0.5, 0.6) is 0 Å². The molecule has 1 aromatic heterocycles. The summed E-state index contributed by atoms with van der Waals surface area (Å²) in [6.07, 6.45) is -3.27. The molecule has 1 N–H and O–H groups in total. The first-order chi connectivity index (χ1) is 13.0. The molecule has 1 aromatic carbocycles. The minimum Gasteiger partial charge on any atom is -0.446 e. The largest absolute Gasteiger partial charge is 0.446 e. The van der Waals surface area contributed by atoms with Gasteiger partial charge in [-0.15, -0.1) is 0 Å². The van der Waals surface area contributed by atoms with E-state index in [4.69, 9.17) is 4.42 Å². The highest BCUT2D eigenvalue weighted by molar-refractivity contribution is 5.94. The normalized spacial score (nSPS) is 11.8. The van der Waals surface area contributed by atoms with E-state index in [1.54, 1.807) is 13.8 Å². The van der Waals surface area contributed by atoms with Gasteiger partial charge in [0.25, 0.3) is 11.8 Å². The molecule has 9 heteroatoms. The number of amides is 2. The van der Waals surface area contributed by atoms with Crippen molar-refractivity contribution >= 4 is 11.8 Å². The van der Waals surface area contributed by atoms with Crippen molar-refractivity contribution in [3.63, 3.8) is 0 Å². The molecule has 0 unspecified atom stereocenters. The zero-order chi connectivity index (χ0) is 21.1. The molecule has 152 valence electrons. The fourth-order valence-electron chi connectivity index (χ4n) is 2.43. The maximum atomic E-state index is 12.7. The molecule has 0 bridgehead atoms. The highest BCUT2D eigenvalue weighted by atomic mass is 19.4. The highest BCUT2D eigenvalue weighted by Crippen LogP contribution is 2.29. The molecular weight excluding hydrogens is 375 g/mol. The van der Waals surface area contributed by atoms with Crippen LogP contribution < -0.4 is 5.32 Å². The van der Waals surface area contributed by atoms with Gasteiger partial charge in [0.05, 0.1) is 12.1 Å². The monoisotopic (exact) mass is 397 g/mol. The molecule has 0 saturated carbocycles. The second-order valence-corrected chi connectivity index (χ2v) is 6.86. The molecule has 2 aromatic rings. The van der Waals surface area contributed by atoms with Gasteiger partial charge in [0, 0.05) is 17.6 Å². The van der Waals surface area contributed by atoms with Gasteiger partial charge in [-0.3, -0.25) is 9.59 Å². The quantitative estimate of drug-likeness (QED) is 0.803. The average molecular weight is 397 g/mol. The maximum Gasteiger partial charge on any atom is 0.416 e. The summed E-state index contributed by atoms with van der Waals surface area (Å²) in [4.78, 5) is 30.2. The molecule has 0 atom stereocenters. The average Bonchev–Trinajstić information content (AvgIpc) is 3.06. The molecule has 0 aliphatic heterocycles. The van der Waals surface area contributed by atoms with Crippen molar-refractivity contribution in [2.45, 2.75) is 52.5 Å². The third kappa shape index (κ3) is 5.34. The lowest BCUT2D eigenvalue weighted by atomic mass is 10.1. The third-order valence-corrected chi connectivity index (χ3v) is 3.85. The van der Waals surface area contributed by atoms with Crippen LogP contribution in [0.3, 0.4) is 0 Å². The molecule has 1 heterocycles. The Balaban J connectivity index is 2.16. The van der Waals surface area contributed by atoms with Crippen molar-refractivity contribution in [1.82, 2.24) is 15.2 Å². The van der Waals surface area contributed by atoms with Crippen LogP contribution in [0.2, 0.25) is 0 Å². The second kappa shape index (κ2) is 8.45. The fraction of sp³-hybridized carbons (Fsp3) is 0.421. The lowest BCUT2D eigenvalue weighted by Gasteiger charge is -2.25. The molecule has 0 saturated heterocycles. The van der Waals surface area contributed by atoms with Gasteiger partial charge in [0.1, 0.15) is 6.26 Å². The summed E-state index contributed by atoms with van der Waals surface area (Å²) < 4.78 is 43.4. The van der Waals surface area contributed by atoms with E-state index in [0.29, 0.717) is 0 Å². The molecule has 0 spiro atoms. The molecule has 6 nitrogen and oxygen atoms in total. The molecule has 0 aliphatic rings. The van der Waals surface area contributed by atoms with Crippen LogP contribution in [0.1, 0.15) is 60.0 Å². The van der Waals surface area contributed by atoms with Crippen LogP contribution in [0, 0.1) is 0 Å². The zero-order valence-electron chi connectivity index (χ0n) is 16.0. The number of nitrogens with one attached hydrogen (secondary N) is 1. The maximum absolute atomic E-state index is 12.7. The molecule has 0 fully saturated rings. The summed E-state index contributed by atoms with van der Waals surface area (Å²) in [5.41, 5.74) is -0.617.